The van der Waals surface area contributed by atoms with Crippen LogP contribution in [0.5, 0.6) is 5.75 Å². The van der Waals surface area contributed by atoms with Crippen LogP contribution in [0.15, 0.2) is 24.3 Å². The lowest BCUT2D eigenvalue weighted by Crippen LogP contribution is -2.39. The molecule has 0 aromatic heterocycles. The zero-order valence-corrected chi connectivity index (χ0v) is 13.8. The fourth-order valence-electron chi connectivity index (χ4n) is 2.72. The van der Waals surface area contributed by atoms with Crippen molar-refractivity contribution in [2.45, 2.75) is 64.2 Å². The maximum absolute atomic E-state index is 6.36. The summed E-state index contributed by atoms with van der Waals surface area (Å²) in [5, 5.41) is 3.57. The Labute approximate surface area is 129 Å². The molecule has 1 atom stereocenters. The topological polar surface area (TPSA) is 30.5 Å². The second-order valence-corrected chi connectivity index (χ2v) is 6.94. The summed E-state index contributed by atoms with van der Waals surface area (Å²) in [5.41, 5.74) is 1.32. The molecule has 21 heavy (non-hydrogen) atoms. The van der Waals surface area contributed by atoms with E-state index >= 15 is 0 Å². The van der Waals surface area contributed by atoms with E-state index in [2.05, 4.69) is 38.2 Å². The standard InChI is InChI=1S/C18H29NO2/c1-18(2,3)19-13-17(21-16-7-5-6-8-16)14-9-11-15(20-4)12-10-14/h9-12,16-17,19H,5-8,13H2,1-4H3. The van der Waals surface area contributed by atoms with E-state index in [4.69, 9.17) is 9.47 Å². The number of rotatable bonds is 6. The second-order valence-electron chi connectivity index (χ2n) is 6.94. The Morgan fingerprint density at radius 3 is 2.29 bits per heavy atom. The van der Waals surface area contributed by atoms with Crippen LogP contribution < -0.4 is 10.1 Å². The highest BCUT2D eigenvalue weighted by Crippen LogP contribution is 2.28. The molecule has 1 N–H and O–H groups in total. The van der Waals surface area contributed by atoms with Crippen LogP contribution in [0.4, 0.5) is 0 Å². The SMILES string of the molecule is COc1ccc(C(CNC(C)(C)C)OC2CCCC2)cc1. The van der Waals surface area contributed by atoms with Crippen LogP contribution in [0.2, 0.25) is 0 Å². The molecule has 0 bridgehead atoms. The Hall–Kier alpha value is -1.06. The quantitative estimate of drug-likeness (QED) is 0.856. The van der Waals surface area contributed by atoms with Gasteiger partial charge in [0.15, 0.2) is 0 Å². The van der Waals surface area contributed by atoms with E-state index in [0.717, 1.165) is 12.3 Å². The van der Waals surface area contributed by atoms with Crippen LogP contribution in [0.1, 0.15) is 58.1 Å². The van der Waals surface area contributed by atoms with Crippen molar-refractivity contribution in [3.8, 4) is 5.75 Å². The minimum atomic E-state index is 0.101. The summed E-state index contributed by atoms with van der Waals surface area (Å²) in [5.74, 6) is 0.891. The molecule has 1 unspecified atom stereocenters. The Morgan fingerprint density at radius 1 is 1.14 bits per heavy atom. The van der Waals surface area contributed by atoms with Crippen molar-refractivity contribution >= 4 is 0 Å². The predicted molar refractivity (Wildman–Crippen MR) is 86.8 cm³/mol. The fourth-order valence-corrected chi connectivity index (χ4v) is 2.72. The van der Waals surface area contributed by atoms with E-state index in [1.807, 2.05) is 12.1 Å². The Kier molecular flexibility index (Phi) is 5.65. The van der Waals surface area contributed by atoms with Crippen molar-refractivity contribution < 1.29 is 9.47 Å². The number of benzene rings is 1. The van der Waals surface area contributed by atoms with Crippen LogP contribution in [0.25, 0.3) is 0 Å². The lowest BCUT2D eigenvalue weighted by atomic mass is 10.1. The smallest absolute Gasteiger partial charge is 0.118 e. The van der Waals surface area contributed by atoms with Crippen molar-refractivity contribution in [1.29, 1.82) is 0 Å². The predicted octanol–water partition coefficient (Wildman–Crippen LogP) is 4.08. The first-order valence-corrected chi connectivity index (χ1v) is 8.02. The summed E-state index contributed by atoms with van der Waals surface area (Å²) >= 11 is 0. The van der Waals surface area contributed by atoms with Crippen LogP contribution in [0, 0.1) is 0 Å². The minimum absolute atomic E-state index is 0.101. The third-order valence-electron chi connectivity index (χ3n) is 3.96. The molecular weight excluding hydrogens is 262 g/mol. The fraction of sp³-hybridized carbons (Fsp3) is 0.667. The van der Waals surface area contributed by atoms with E-state index in [0.29, 0.717) is 6.10 Å². The Balaban J connectivity index is 2.05. The molecule has 0 saturated heterocycles. The van der Waals surface area contributed by atoms with Gasteiger partial charge in [-0.2, -0.15) is 0 Å². The molecule has 0 radical (unpaired) electrons. The number of methoxy groups -OCH3 is 1. The molecule has 1 aliphatic carbocycles. The monoisotopic (exact) mass is 291 g/mol. The van der Waals surface area contributed by atoms with Gasteiger partial charge in [-0.15, -0.1) is 0 Å². The zero-order chi connectivity index (χ0) is 15.3. The summed E-state index contributed by atoms with van der Waals surface area (Å²) in [6, 6.07) is 8.25. The zero-order valence-electron chi connectivity index (χ0n) is 13.8. The summed E-state index contributed by atoms with van der Waals surface area (Å²) in [7, 11) is 1.70. The molecule has 1 saturated carbocycles. The second kappa shape index (κ2) is 7.28. The molecule has 0 amide bonds. The van der Waals surface area contributed by atoms with Gasteiger partial charge in [-0.05, 0) is 51.3 Å². The molecule has 0 spiro atoms. The first-order valence-electron chi connectivity index (χ1n) is 8.02. The number of nitrogens with one attached hydrogen (secondary N) is 1. The van der Waals surface area contributed by atoms with Gasteiger partial charge < -0.3 is 14.8 Å². The molecule has 118 valence electrons. The van der Waals surface area contributed by atoms with Crippen molar-refractivity contribution in [1.82, 2.24) is 5.32 Å². The molecule has 1 aromatic carbocycles. The third kappa shape index (κ3) is 5.33. The van der Waals surface area contributed by atoms with Gasteiger partial charge in [-0.25, -0.2) is 0 Å². The van der Waals surface area contributed by atoms with Crippen LogP contribution in [-0.4, -0.2) is 25.3 Å². The maximum Gasteiger partial charge on any atom is 0.118 e. The van der Waals surface area contributed by atoms with Gasteiger partial charge in [0.25, 0.3) is 0 Å². The lowest BCUT2D eigenvalue weighted by Gasteiger charge is -2.28. The lowest BCUT2D eigenvalue weighted by molar-refractivity contribution is -0.0114. The Bertz CT molecular complexity index is 416. The highest BCUT2D eigenvalue weighted by molar-refractivity contribution is 5.28. The van der Waals surface area contributed by atoms with E-state index in [9.17, 15) is 0 Å². The van der Waals surface area contributed by atoms with Gasteiger partial charge in [0.05, 0.1) is 19.3 Å². The Morgan fingerprint density at radius 2 is 1.76 bits per heavy atom. The van der Waals surface area contributed by atoms with Gasteiger partial charge in [0.2, 0.25) is 0 Å². The van der Waals surface area contributed by atoms with Crippen molar-refractivity contribution in [2.75, 3.05) is 13.7 Å². The number of hydrogen-bond acceptors (Lipinski definition) is 3. The van der Waals surface area contributed by atoms with E-state index in [1.54, 1.807) is 7.11 Å². The first-order chi connectivity index (χ1) is 9.98. The van der Waals surface area contributed by atoms with Gasteiger partial charge in [-0.1, -0.05) is 25.0 Å². The maximum atomic E-state index is 6.36. The highest BCUT2D eigenvalue weighted by Gasteiger charge is 2.23. The third-order valence-corrected chi connectivity index (χ3v) is 3.96. The van der Waals surface area contributed by atoms with E-state index in [-0.39, 0.29) is 11.6 Å². The van der Waals surface area contributed by atoms with E-state index < -0.39 is 0 Å². The summed E-state index contributed by atoms with van der Waals surface area (Å²) in [6.45, 7) is 7.40. The molecule has 1 aromatic rings. The summed E-state index contributed by atoms with van der Waals surface area (Å²) in [4.78, 5) is 0. The number of ether oxygens (including phenoxy) is 2. The molecule has 1 aliphatic rings. The van der Waals surface area contributed by atoms with Crippen LogP contribution in [0.3, 0.4) is 0 Å². The van der Waals surface area contributed by atoms with Gasteiger partial charge in [0.1, 0.15) is 5.75 Å². The molecule has 0 aliphatic heterocycles. The average molecular weight is 291 g/mol. The summed E-state index contributed by atoms with van der Waals surface area (Å²) < 4.78 is 11.6. The largest absolute Gasteiger partial charge is 0.497 e. The van der Waals surface area contributed by atoms with Crippen molar-refractivity contribution in [3.63, 3.8) is 0 Å². The molecular formula is C18H29NO2. The molecule has 0 heterocycles. The summed E-state index contributed by atoms with van der Waals surface area (Å²) in [6.07, 6.45) is 5.51. The molecule has 1 fully saturated rings. The van der Waals surface area contributed by atoms with Crippen molar-refractivity contribution in [2.24, 2.45) is 0 Å². The normalized spacial score (nSPS) is 17.9. The number of hydrogen-bond donors (Lipinski definition) is 1. The molecule has 3 heteroatoms. The van der Waals surface area contributed by atoms with Crippen molar-refractivity contribution in [3.05, 3.63) is 29.8 Å². The minimum Gasteiger partial charge on any atom is -0.497 e. The highest BCUT2D eigenvalue weighted by atomic mass is 16.5. The van der Waals surface area contributed by atoms with Crippen LogP contribution >= 0.6 is 0 Å². The van der Waals surface area contributed by atoms with Crippen LogP contribution in [-0.2, 0) is 4.74 Å². The first kappa shape index (κ1) is 16.3. The molecule has 3 nitrogen and oxygen atoms in total. The average Bonchev–Trinajstić information content (AvgIpc) is 2.95. The van der Waals surface area contributed by atoms with Gasteiger partial charge >= 0.3 is 0 Å². The van der Waals surface area contributed by atoms with Gasteiger partial charge in [-0.3, -0.25) is 0 Å². The van der Waals surface area contributed by atoms with E-state index in [1.165, 1.54) is 31.2 Å². The molecule has 2 rings (SSSR count). The van der Waals surface area contributed by atoms with Gasteiger partial charge in [0, 0.05) is 12.1 Å².